The first-order chi connectivity index (χ1) is 9.07. The van der Waals surface area contributed by atoms with E-state index in [0.29, 0.717) is 12.6 Å². The molecule has 1 aliphatic carbocycles. The van der Waals surface area contributed by atoms with E-state index in [4.69, 9.17) is 4.74 Å². The molecule has 19 heavy (non-hydrogen) atoms. The maximum Gasteiger partial charge on any atom is 0.310 e. The molecule has 2 fully saturated rings. The number of hydrogen-bond acceptors (Lipinski definition) is 3. The van der Waals surface area contributed by atoms with Gasteiger partial charge < -0.3 is 9.84 Å². The van der Waals surface area contributed by atoms with E-state index in [-0.39, 0.29) is 6.10 Å². The van der Waals surface area contributed by atoms with Crippen LogP contribution in [0.1, 0.15) is 52.4 Å². The molecule has 4 heteroatoms. The van der Waals surface area contributed by atoms with Crippen molar-refractivity contribution in [3.05, 3.63) is 0 Å². The Morgan fingerprint density at radius 1 is 1.37 bits per heavy atom. The normalized spacial score (nSPS) is 32.1. The average molecular weight is 269 g/mol. The van der Waals surface area contributed by atoms with Gasteiger partial charge in [0.05, 0.1) is 18.1 Å². The lowest BCUT2D eigenvalue weighted by atomic mass is 9.73. The second-order valence-electron chi connectivity index (χ2n) is 6.28. The number of carboxylic acid groups (broad SMARTS) is 1. The van der Waals surface area contributed by atoms with Crippen molar-refractivity contribution in [1.29, 1.82) is 0 Å². The first kappa shape index (κ1) is 14.8. The zero-order valence-electron chi connectivity index (χ0n) is 12.2. The predicted octanol–water partition coefficient (Wildman–Crippen LogP) is 2.52. The van der Waals surface area contributed by atoms with E-state index in [1.54, 1.807) is 0 Å². The van der Waals surface area contributed by atoms with Gasteiger partial charge >= 0.3 is 5.97 Å². The van der Waals surface area contributed by atoms with Gasteiger partial charge in [0, 0.05) is 19.1 Å². The Labute approximate surface area is 116 Å². The largest absolute Gasteiger partial charge is 0.481 e. The van der Waals surface area contributed by atoms with Crippen LogP contribution in [0.5, 0.6) is 0 Å². The molecule has 1 saturated carbocycles. The molecule has 0 bridgehead atoms. The number of ether oxygens (including phenoxy) is 1. The van der Waals surface area contributed by atoms with E-state index in [1.165, 1.54) is 6.42 Å². The highest BCUT2D eigenvalue weighted by atomic mass is 16.5. The van der Waals surface area contributed by atoms with E-state index in [0.717, 1.165) is 45.3 Å². The molecule has 2 aliphatic rings. The Morgan fingerprint density at radius 2 is 2.05 bits per heavy atom. The first-order valence-electron chi connectivity index (χ1n) is 7.66. The summed E-state index contributed by atoms with van der Waals surface area (Å²) < 4.78 is 5.71. The molecule has 0 aromatic heterocycles. The molecule has 110 valence electrons. The molecule has 0 spiro atoms. The molecule has 1 aliphatic heterocycles. The number of carbonyl (C=O) groups is 1. The van der Waals surface area contributed by atoms with Crippen LogP contribution in [0, 0.1) is 5.41 Å². The maximum atomic E-state index is 11.8. The quantitative estimate of drug-likeness (QED) is 0.852. The molecule has 1 heterocycles. The third-order valence-electron chi connectivity index (χ3n) is 4.82. The highest BCUT2D eigenvalue weighted by Gasteiger charge is 2.43. The van der Waals surface area contributed by atoms with Gasteiger partial charge in [0.1, 0.15) is 0 Å². The van der Waals surface area contributed by atoms with Crippen molar-refractivity contribution in [1.82, 2.24) is 4.90 Å². The van der Waals surface area contributed by atoms with E-state index >= 15 is 0 Å². The van der Waals surface area contributed by atoms with Crippen LogP contribution in [-0.2, 0) is 9.53 Å². The van der Waals surface area contributed by atoms with Gasteiger partial charge in [-0.15, -0.1) is 0 Å². The molecule has 4 nitrogen and oxygen atoms in total. The Kier molecular flexibility index (Phi) is 4.85. The van der Waals surface area contributed by atoms with Crippen molar-refractivity contribution in [3.8, 4) is 0 Å². The highest BCUT2D eigenvalue weighted by molar-refractivity contribution is 5.75. The Morgan fingerprint density at radius 3 is 2.63 bits per heavy atom. The van der Waals surface area contributed by atoms with E-state index in [2.05, 4.69) is 18.7 Å². The van der Waals surface area contributed by atoms with Crippen molar-refractivity contribution in [2.75, 3.05) is 19.7 Å². The Hall–Kier alpha value is -0.610. The SMILES string of the molecule is CCC1COC(C)CN1CC1(C(=O)O)CCCCC1. The number of nitrogens with zero attached hydrogens (tertiary/aromatic N) is 1. The fourth-order valence-corrected chi connectivity index (χ4v) is 3.54. The summed E-state index contributed by atoms with van der Waals surface area (Å²) in [5.41, 5.74) is -0.511. The van der Waals surface area contributed by atoms with Gasteiger partial charge in [-0.1, -0.05) is 26.2 Å². The van der Waals surface area contributed by atoms with Crippen molar-refractivity contribution < 1.29 is 14.6 Å². The van der Waals surface area contributed by atoms with Crippen LogP contribution in [0.3, 0.4) is 0 Å². The number of rotatable bonds is 4. The molecular weight excluding hydrogens is 242 g/mol. The van der Waals surface area contributed by atoms with Gasteiger partial charge in [-0.3, -0.25) is 9.69 Å². The summed E-state index contributed by atoms with van der Waals surface area (Å²) in [6.45, 7) is 6.55. The lowest BCUT2D eigenvalue weighted by Gasteiger charge is -2.44. The highest BCUT2D eigenvalue weighted by Crippen LogP contribution is 2.38. The number of morpholine rings is 1. The van der Waals surface area contributed by atoms with Crippen LogP contribution < -0.4 is 0 Å². The van der Waals surface area contributed by atoms with Crippen LogP contribution in [-0.4, -0.2) is 47.8 Å². The molecule has 2 unspecified atom stereocenters. The minimum atomic E-state index is -0.596. The minimum Gasteiger partial charge on any atom is -0.481 e. The molecular formula is C15H27NO3. The Balaban J connectivity index is 2.08. The average Bonchev–Trinajstić information content (AvgIpc) is 2.40. The molecule has 0 amide bonds. The summed E-state index contributed by atoms with van der Waals surface area (Å²) in [4.78, 5) is 14.1. The van der Waals surface area contributed by atoms with Gasteiger partial charge in [0.2, 0.25) is 0 Å². The topological polar surface area (TPSA) is 49.8 Å². The zero-order valence-corrected chi connectivity index (χ0v) is 12.2. The summed E-state index contributed by atoms with van der Waals surface area (Å²) in [5, 5.41) is 9.69. The summed E-state index contributed by atoms with van der Waals surface area (Å²) in [5.74, 6) is -0.596. The van der Waals surface area contributed by atoms with Gasteiger partial charge in [-0.2, -0.15) is 0 Å². The van der Waals surface area contributed by atoms with Crippen LogP contribution in [0.2, 0.25) is 0 Å². The summed E-state index contributed by atoms with van der Waals surface area (Å²) in [6, 6.07) is 0.384. The lowest BCUT2D eigenvalue weighted by molar-refractivity contribution is -0.155. The van der Waals surface area contributed by atoms with Crippen molar-refractivity contribution in [2.45, 2.75) is 64.5 Å². The van der Waals surface area contributed by atoms with Gasteiger partial charge in [-0.05, 0) is 26.2 Å². The Bertz CT molecular complexity index is 313. The van der Waals surface area contributed by atoms with Crippen LogP contribution >= 0.6 is 0 Å². The fraction of sp³-hybridized carbons (Fsp3) is 0.933. The molecule has 0 aromatic rings. The van der Waals surface area contributed by atoms with Crippen LogP contribution in [0.15, 0.2) is 0 Å². The molecule has 0 aromatic carbocycles. The van der Waals surface area contributed by atoms with Crippen LogP contribution in [0.25, 0.3) is 0 Å². The summed E-state index contributed by atoms with van der Waals surface area (Å²) >= 11 is 0. The van der Waals surface area contributed by atoms with Crippen molar-refractivity contribution in [2.24, 2.45) is 5.41 Å². The van der Waals surface area contributed by atoms with Crippen molar-refractivity contribution in [3.63, 3.8) is 0 Å². The maximum absolute atomic E-state index is 11.8. The van der Waals surface area contributed by atoms with E-state index < -0.39 is 11.4 Å². The monoisotopic (exact) mass is 269 g/mol. The number of carboxylic acids is 1. The summed E-state index contributed by atoms with van der Waals surface area (Å²) in [6.07, 6.45) is 6.23. The summed E-state index contributed by atoms with van der Waals surface area (Å²) in [7, 11) is 0. The minimum absolute atomic E-state index is 0.220. The zero-order chi connectivity index (χ0) is 13.9. The second kappa shape index (κ2) is 6.23. The second-order valence-corrected chi connectivity index (χ2v) is 6.28. The molecule has 2 rings (SSSR count). The lowest BCUT2D eigenvalue weighted by Crippen LogP contribution is -2.54. The third-order valence-corrected chi connectivity index (χ3v) is 4.82. The predicted molar refractivity (Wildman–Crippen MR) is 74.2 cm³/mol. The fourth-order valence-electron chi connectivity index (χ4n) is 3.54. The van der Waals surface area contributed by atoms with Gasteiger partial charge in [0.15, 0.2) is 0 Å². The number of hydrogen-bond donors (Lipinski definition) is 1. The van der Waals surface area contributed by atoms with E-state index in [1.807, 2.05) is 0 Å². The molecule has 1 saturated heterocycles. The van der Waals surface area contributed by atoms with E-state index in [9.17, 15) is 9.90 Å². The molecule has 0 radical (unpaired) electrons. The van der Waals surface area contributed by atoms with Gasteiger partial charge in [-0.25, -0.2) is 0 Å². The molecule has 1 N–H and O–H groups in total. The first-order valence-corrected chi connectivity index (χ1v) is 7.66. The van der Waals surface area contributed by atoms with Gasteiger partial charge in [0.25, 0.3) is 0 Å². The van der Waals surface area contributed by atoms with Crippen LogP contribution in [0.4, 0.5) is 0 Å². The standard InChI is InChI=1S/C15H27NO3/c1-3-13-10-19-12(2)9-16(13)11-15(14(17)18)7-5-4-6-8-15/h12-13H,3-11H2,1-2H3,(H,17,18). The smallest absolute Gasteiger partial charge is 0.310 e. The molecule has 2 atom stereocenters. The third kappa shape index (κ3) is 3.29. The number of aliphatic carboxylic acids is 1. The van der Waals surface area contributed by atoms with Crippen molar-refractivity contribution >= 4 is 5.97 Å².